The lowest BCUT2D eigenvalue weighted by Gasteiger charge is -2.22. The van der Waals surface area contributed by atoms with E-state index < -0.39 is 12.5 Å². The van der Waals surface area contributed by atoms with Gasteiger partial charge in [0, 0.05) is 18.2 Å². The minimum absolute atomic E-state index is 0.110. The van der Waals surface area contributed by atoms with Gasteiger partial charge >= 0.3 is 5.97 Å². The van der Waals surface area contributed by atoms with Gasteiger partial charge in [0.15, 0.2) is 0 Å². The van der Waals surface area contributed by atoms with Crippen LogP contribution in [0, 0.1) is 5.92 Å². The Bertz CT molecular complexity index is 838. The molecular formula is C22H25NO6. The highest BCUT2D eigenvalue weighted by atomic mass is 16.5. The van der Waals surface area contributed by atoms with Crippen molar-refractivity contribution in [2.75, 3.05) is 27.4 Å². The summed E-state index contributed by atoms with van der Waals surface area (Å²) in [5.41, 5.74) is 1.11. The third-order valence-corrected chi connectivity index (χ3v) is 4.68. The lowest BCUT2D eigenvalue weighted by molar-refractivity contribution is -0.137. The van der Waals surface area contributed by atoms with Crippen molar-refractivity contribution in [3.63, 3.8) is 0 Å². The average molecular weight is 399 g/mol. The van der Waals surface area contributed by atoms with Gasteiger partial charge in [-0.05, 0) is 60.7 Å². The van der Waals surface area contributed by atoms with E-state index in [-0.39, 0.29) is 12.5 Å². The second-order valence-corrected chi connectivity index (χ2v) is 7.05. The predicted molar refractivity (Wildman–Crippen MR) is 107 cm³/mol. The van der Waals surface area contributed by atoms with Crippen molar-refractivity contribution in [1.29, 1.82) is 0 Å². The zero-order valence-electron chi connectivity index (χ0n) is 16.6. The zero-order chi connectivity index (χ0) is 20.8. The van der Waals surface area contributed by atoms with Crippen molar-refractivity contribution in [3.05, 3.63) is 53.6 Å². The van der Waals surface area contributed by atoms with Crippen LogP contribution in [-0.4, -0.2) is 49.3 Å². The van der Waals surface area contributed by atoms with Crippen molar-refractivity contribution >= 4 is 11.9 Å². The largest absolute Gasteiger partial charge is 0.497 e. The molecule has 0 bridgehead atoms. The molecule has 3 rings (SSSR count). The normalized spacial score (nSPS) is 12.9. The van der Waals surface area contributed by atoms with Gasteiger partial charge in [0.05, 0.1) is 20.8 Å². The first-order valence-electron chi connectivity index (χ1n) is 9.44. The number of rotatable bonds is 10. The Morgan fingerprint density at radius 3 is 2.14 bits per heavy atom. The molecule has 2 aromatic rings. The Morgan fingerprint density at radius 1 is 1.00 bits per heavy atom. The topological polar surface area (TPSA) is 85.3 Å². The number of hydrogen-bond acceptors (Lipinski definition) is 5. The summed E-state index contributed by atoms with van der Waals surface area (Å²) in [5, 5.41) is 9.27. The van der Waals surface area contributed by atoms with Crippen LogP contribution in [0.5, 0.6) is 17.2 Å². The van der Waals surface area contributed by atoms with Crippen molar-refractivity contribution in [2.24, 2.45) is 5.92 Å². The van der Waals surface area contributed by atoms with Crippen molar-refractivity contribution < 1.29 is 28.9 Å². The molecule has 1 aliphatic rings. The SMILES string of the molecule is COc1cc(CN(CC(=O)O)C(=O)c2ccc(OCC3CC3)cc2)cc(OC)c1. The average Bonchev–Trinajstić information content (AvgIpc) is 3.55. The molecular weight excluding hydrogens is 374 g/mol. The van der Waals surface area contributed by atoms with Crippen LogP contribution in [0.2, 0.25) is 0 Å². The zero-order valence-corrected chi connectivity index (χ0v) is 16.6. The molecule has 0 spiro atoms. The van der Waals surface area contributed by atoms with E-state index in [2.05, 4.69) is 0 Å². The van der Waals surface area contributed by atoms with Crippen LogP contribution in [0.15, 0.2) is 42.5 Å². The molecule has 2 aromatic carbocycles. The van der Waals surface area contributed by atoms with Gasteiger partial charge < -0.3 is 24.2 Å². The fraction of sp³-hybridized carbons (Fsp3) is 0.364. The van der Waals surface area contributed by atoms with E-state index in [1.54, 1.807) is 42.5 Å². The highest BCUT2D eigenvalue weighted by molar-refractivity contribution is 5.95. The van der Waals surface area contributed by atoms with Crippen LogP contribution < -0.4 is 14.2 Å². The Balaban J connectivity index is 1.75. The smallest absolute Gasteiger partial charge is 0.323 e. The van der Waals surface area contributed by atoms with Gasteiger partial charge in [0.25, 0.3) is 5.91 Å². The summed E-state index contributed by atoms with van der Waals surface area (Å²) in [6.07, 6.45) is 2.41. The number of carbonyl (C=O) groups is 2. The number of carbonyl (C=O) groups excluding carboxylic acids is 1. The molecule has 0 saturated heterocycles. The number of nitrogens with zero attached hydrogens (tertiary/aromatic N) is 1. The molecule has 7 nitrogen and oxygen atoms in total. The number of carboxylic acid groups (broad SMARTS) is 1. The summed E-state index contributed by atoms with van der Waals surface area (Å²) in [6, 6.07) is 12.0. The van der Waals surface area contributed by atoms with Crippen LogP contribution in [0.4, 0.5) is 0 Å². The van der Waals surface area contributed by atoms with Crippen LogP contribution in [0.1, 0.15) is 28.8 Å². The molecule has 1 amide bonds. The minimum atomic E-state index is -1.09. The Morgan fingerprint density at radius 2 is 1.62 bits per heavy atom. The third kappa shape index (κ3) is 5.88. The molecule has 29 heavy (non-hydrogen) atoms. The summed E-state index contributed by atoms with van der Waals surface area (Å²) >= 11 is 0. The maximum absolute atomic E-state index is 12.9. The molecule has 0 aromatic heterocycles. The second-order valence-electron chi connectivity index (χ2n) is 7.05. The first-order chi connectivity index (χ1) is 14.0. The monoisotopic (exact) mass is 399 g/mol. The molecule has 1 N–H and O–H groups in total. The van der Waals surface area contributed by atoms with Crippen LogP contribution in [-0.2, 0) is 11.3 Å². The second kappa shape index (κ2) is 9.32. The lowest BCUT2D eigenvalue weighted by atomic mass is 10.1. The molecule has 0 radical (unpaired) electrons. The quantitative estimate of drug-likeness (QED) is 0.660. The number of methoxy groups -OCH3 is 2. The van der Waals surface area contributed by atoms with E-state index in [4.69, 9.17) is 14.2 Å². The summed E-state index contributed by atoms with van der Waals surface area (Å²) in [4.78, 5) is 25.5. The van der Waals surface area contributed by atoms with E-state index in [9.17, 15) is 14.7 Å². The van der Waals surface area contributed by atoms with Gasteiger partial charge in [0.1, 0.15) is 23.8 Å². The highest BCUT2D eigenvalue weighted by Crippen LogP contribution is 2.29. The van der Waals surface area contributed by atoms with E-state index in [0.29, 0.717) is 40.9 Å². The Labute approximate surface area is 169 Å². The summed E-state index contributed by atoms with van der Waals surface area (Å²) < 4.78 is 16.2. The number of amides is 1. The van der Waals surface area contributed by atoms with Gasteiger partial charge in [0.2, 0.25) is 0 Å². The third-order valence-electron chi connectivity index (χ3n) is 4.68. The summed E-state index contributed by atoms with van der Waals surface area (Å²) in [7, 11) is 3.07. The maximum atomic E-state index is 12.9. The first kappa shape index (κ1) is 20.5. The lowest BCUT2D eigenvalue weighted by Crippen LogP contribution is -2.35. The molecule has 7 heteroatoms. The number of hydrogen-bond donors (Lipinski definition) is 1. The van der Waals surface area contributed by atoms with E-state index >= 15 is 0 Å². The van der Waals surface area contributed by atoms with Gasteiger partial charge in [-0.1, -0.05) is 0 Å². The summed E-state index contributed by atoms with van der Waals surface area (Å²) in [5.74, 6) is 1.02. The fourth-order valence-corrected chi connectivity index (χ4v) is 2.92. The fourth-order valence-electron chi connectivity index (χ4n) is 2.92. The van der Waals surface area contributed by atoms with Crippen LogP contribution >= 0.6 is 0 Å². The molecule has 1 fully saturated rings. The molecule has 0 aliphatic heterocycles. The molecule has 0 heterocycles. The van der Waals surface area contributed by atoms with E-state index in [1.807, 2.05) is 0 Å². The minimum Gasteiger partial charge on any atom is -0.497 e. The molecule has 0 atom stereocenters. The number of benzene rings is 2. The Kier molecular flexibility index (Phi) is 6.59. The Hall–Kier alpha value is -3.22. The van der Waals surface area contributed by atoms with Crippen molar-refractivity contribution in [3.8, 4) is 17.2 Å². The number of ether oxygens (including phenoxy) is 3. The molecule has 154 valence electrons. The number of aliphatic carboxylic acids is 1. The predicted octanol–water partition coefficient (Wildman–Crippen LogP) is 3.22. The van der Waals surface area contributed by atoms with E-state index in [1.165, 1.54) is 32.0 Å². The van der Waals surface area contributed by atoms with Crippen molar-refractivity contribution in [1.82, 2.24) is 4.90 Å². The van der Waals surface area contributed by atoms with Gasteiger partial charge in [-0.25, -0.2) is 0 Å². The van der Waals surface area contributed by atoms with Gasteiger partial charge in [-0.3, -0.25) is 9.59 Å². The number of carboxylic acids is 1. The highest BCUT2D eigenvalue weighted by Gasteiger charge is 2.22. The molecule has 1 aliphatic carbocycles. The first-order valence-corrected chi connectivity index (χ1v) is 9.44. The summed E-state index contributed by atoms with van der Waals surface area (Å²) in [6.45, 7) is 0.382. The standard InChI is InChI=1S/C22H25NO6/c1-27-19-9-16(10-20(11-19)28-2)12-23(13-21(24)25)22(26)17-5-7-18(8-6-17)29-14-15-3-4-15/h5-11,15H,3-4,12-14H2,1-2H3,(H,24,25). The van der Waals surface area contributed by atoms with Gasteiger partial charge in [-0.15, -0.1) is 0 Å². The van der Waals surface area contributed by atoms with Crippen LogP contribution in [0.25, 0.3) is 0 Å². The molecule has 0 unspecified atom stereocenters. The van der Waals surface area contributed by atoms with Crippen LogP contribution in [0.3, 0.4) is 0 Å². The molecule has 1 saturated carbocycles. The maximum Gasteiger partial charge on any atom is 0.323 e. The van der Waals surface area contributed by atoms with Crippen molar-refractivity contribution in [2.45, 2.75) is 19.4 Å². The van der Waals surface area contributed by atoms with Gasteiger partial charge in [-0.2, -0.15) is 0 Å². The van der Waals surface area contributed by atoms with E-state index in [0.717, 1.165) is 0 Å².